The van der Waals surface area contributed by atoms with Crippen LogP contribution in [0, 0.1) is 13.8 Å². The number of nitrogens with one attached hydrogen (secondary N) is 1. The third-order valence-corrected chi connectivity index (χ3v) is 6.95. The van der Waals surface area contributed by atoms with Gasteiger partial charge in [0.2, 0.25) is 0 Å². The van der Waals surface area contributed by atoms with E-state index in [1.54, 1.807) is 31.5 Å². The molecule has 5 rings (SSSR count). The van der Waals surface area contributed by atoms with Gasteiger partial charge in [-0.05, 0) is 80.2 Å². The maximum atomic E-state index is 10.6. The van der Waals surface area contributed by atoms with Crippen molar-refractivity contribution < 1.29 is 9.84 Å². The molecule has 0 aliphatic carbocycles. The largest absolute Gasteiger partial charge is 0.506 e. The van der Waals surface area contributed by atoms with E-state index in [9.17, 15) is 5.11 Å². The van der Waals surface area contributed by atoms with Crippen LogP contribution in [0.1, 0.15) is 34.7 Å². The third kappa shape index (κ3) is 4.11. The Morgan fingerprint density at radius 3 is 2.63 bits per heavy atom. The normalized spacial score (nSPS) is 17.5. The van der Waals surface area contributed by atoms with E-state index in [1.807, 2.05) is 60.9 Å². The second-order valence-electron chi connectivity index (χ2n) is 8.49. The molecule has 1 aliphatic heterocycles. The molecule has 8 heteroatoms. The first-order valence-corrected chi connectivity index (χ1v) is 12.0. The number of benzene rings is 2. The van der Waals surface area contributed by atoms with E-state index >= 15 is 0 Å². The molecule has 0 radical (unpaired) electrons. The lowest BCUT2D eigenvalue weighted by Crippen LogP contribution is -2.29. The zero-order valence-electron chi connectivity index (χ0n) is 19.6. The van der Waals surface area contributed by atoms with Crippen LogP contribution in [-0.2, 0) is 0 Å². The summed E-state index contributed by atoms with van der Waals surface area (Å²) in [5.74, 6) is 0.911. The monoisotopic (exact) mass is 504 g/mol. The lowest BCUT2D eigenvalue weighted by atomic mass is 9.96. The van der Waals surface area contributed by atoms with Gasteiger partial charge in [0.25, 0.3) is 0 Å². The number of halogens is 1. The number of hydrogen-bond acceptors (Lipinski definition) is 4. The zero-order chi connectivity index (χ0) is 24.7. The summed E-state index contributed by atoms with van der Waals surface area (Å²) in [7, 11) is 1.65. The minimum absolute atomic E-state index is 0.161. The van der Waals surface area contributed by atoms with Gasteiger partial charge >= 0.3 is 0 Å². The molecule has 2 atom stereocenters. The molecule has 2 N–H and O–H groups in total. The lowest BCUT2D eigenvalue weighted by molar-refractivity contribution is 0.415. The van der Waals surface area contributed by atoms with Crippen molar-refractivity contribution >= 4 is 34.6 Å². The van der Waals surface area contributed by atoms with E-state index in [-0.39, 0.29) is 17.8 Å². The fraction of sp³-hybridized carbons (Fsp3) is 0.185. The summed E-state index contributed by atoms with van der Waals surface area (Å²) >= 11 is 12.1. The van der Waals surface area contributed by atoms with Gasteiger partial charge in [-0.2, -0.15) is 0 Å². The Morgan fingerprint density at radius 2 is 1.89 bits per heavy atom. The number of hydrogen-bond donors (Lipinski definition) is 2. The topological polar surface area (TPSA) is 62.5 Å². The summed E-state index contributed by atoms with van der Waals surface area (Å²) in [5, 5.41) is 15.3. The van der Waals surface area contributed by atoms with Crippen LogP contribution in [0.25, 0.3) is 5.69 Å². The lowest BCUT2D eigenvalue weighted by Gasteiger charge is -2.28. The van der Waals surface area contributed by atoms with Crippen LogP contribution >= 0.6 is 23.8 Å². The Morgan fingerprint density at radius 1 is 1.06 bits per heavy atom. The number of thiocarbonyl (C=S) groups is 1. The van der Waals surface area contributed by atoms with Crippen molar-refractivity contribution in [3.63, 3.8) is 0 Å². The maximum absolute atomic E-state index is 10.6. The van der Waals surface area contributed by atoms with Crippen molar-refractivity contribution in [2.24, 2.45) is 0 Å². The second kappa shape index (κ2) is 9.24. The molecule has 2 aromatic carbocycles. The number of anilines is 1. The van der Waals surface area contributed by atoms with Gasteiger partial charge < -0.3 is 24.6 Å². The highest BCUT2D eigenvalue weighted by Gasteiger charge is 2.42. The van der Waals surface area contributed by atoms with Gasteiger partial charge in [-0.25, -0.2) is 0 Å². The summed E-state index contributed by atoms with van der Waals surface area (Å²) in [6.45, 7) is 4.06. The van der Waals surface area contributed by atoms with Gasteiger partial charge in [0.05, 0.1) is 30.6 Å². The number of aromatic hydroxyl groups is 1. The van der Waals surface area contributed by atoms with Crippen molar-refractivity contribution in [3.05, 3.63) is 101 Å². The second-order valence-corrected chi connectivity index (χ2v) is 9.32. The molecule has 178 valence electrons. The molecular weight excluding hydrogens is 480 g/mol. The fourth-order valence-corrected chi connectivity index (χ4v) is 5.36. The molecule has 6 nitrogen and oxygen atoms in total. The first-order chi connectivity index (χ1) is 16.9. The van der Waals surface area contributed by atoms with Crippen molar-refractivity contribution in [2.45, 2.75) is 25.9 Å². The van der Waals surface area contributed by atoms with Crippen LogP contribution in [-0.4, -0.2) is 26.9 Å². The Labute approximate surface area is 214 Å². The van der Waals surface area contributed by atoms with E-state index < -0.39 is 0 Å². The van der Waals surface area contributed by atoms with E-state index in [0.29, 0.717) is 15.8 Å². The van der Waals surface area contributed by atoms with Crippen LogP contribution in [0.5, 0.6) is 11.5 Å². The van der Waals surface area contributed by atoms with Crippen LogP contribution in [0.15, 0.2) is 72.9 Å². The average molecular weight is 505 g/mol. The predicted molar refractivity (Wildman–Crippen MR) is 143 cm³/mol. The van der Waals surface area contributed by atoms with Crippen LogP contribution < -0.4 is 15.0 Å². The number of rotatable bonds is 5. The molecular formula is C27H25ClN4O2S. The number of phenolic OH excluding ortho intramolecular Hbond substituents is 1. The van der Waals surface area contributed by atoms with Gasteiger partial charge in [0.1, 0.15) is 11.5 Å². The molecule has 3 heterocycles. The molecule has 1 aliphatic rings. The van der Waals surface area contributed by atoms with E-state index in [0.717, 1.165) is 34.1 Å². The van der Waals surface area contributed by atoms with Crippen molar-refractivity contribution in [1.82, 2.24) is 14.9 Å². The number of aromatic nitrogens is 2. The minimum Gasteiger partial charge on any atom is -0.506 e. The first-order valence-electron chi connectivity index (χ1n) is 11.2. The first kappa shape index (κ1) is 23.2. The zero-order valence-corrected chi connectivity index (χ0v) is 21.1. The molecule has 2 unspecified atom stereocenters. The molecule has 0 saturated carbocycles. The van der Waals surface area contributed by atoms with E-state index in [4.69, 9.17) is 28.6 Å². The number of methoxy groups -OCH3 is 1. The van der Waals surface area contributed by atoms with Gasteiger partial charge in [-0.3, -0.25) is 4.98 Å². The number of aryl methyl sites for hydroxylation is 1. The molecule has 0 amide bonds. The third-order valence-electron chi connectivity index (χ3n) is 6.40. The molecule has 0 bridgehead atoms. The molecule has 1 fully saturated rings. The smallest absolute Gasteiger partial charge is 0.174 e. The maximum Gasteiger partial charge on any atom is 0.174 e. The van der Waals surface area contributed by atoms with Gasteiger partial charge in [0.15, 0.2) is 5.11 Å². The highest BCUT2D eigenvalue weighted by atomic mass is 35.5. The SMILES string of the molecule is COc1cccc(N2C(=S)NC(c3ccccn3)C2c2cc(C)n(-c3cc(Cl)ccc3O)c2C)c1. The molecule has 2 aromatic heterocycles. The van der Waals surface area contributed by atoms with Gasteiger partial charge in [-0.1, -0.05) is 23.7 Å². The van der Waals surface area contributed by atoms with Crippen molar-refractivity contribution in [1.29, 1.82) is 0 Å². The Balaban J connectivity index is 1.70. The van der Waals surface area contributed by atoms with Crippen LogP contribution in [0.3, 0.4) is 0 Å². The quantitative estimate of drug-likeness (QED) is 0.323. The van der Waals surface area contributed by atoms with Crippen molar-refractivity contribution in [2.75, 3.05) is 12.0 Å². The Kier molecular flexibility index (Phi) is 6.13. The van der Waals surface area contributed by atoms with Gasteiger partial charge in [0, 0.05) is 34.4 Å². The highest BCUT2D eigenvalue weighted by molar-refractivity contribution is 7.80. The molecule has 35 heavy (non-hydrogen) atoms. The fourth-order valence-electron chi connectivity index (χ4n) is 4.84. The molecule has 1 saturated heterocycles. The standard InChI is InChI=1S/C27H25ClN4O2S/c1-16-13-21(17(2)31(16)23-14-18(28)10-11-24(23)33)26-25(22-9-4-5-12-29-22)30-27(35)32(26)19-7-6-8-20(15-19)34-3/h4-15,25-26,33H,1-3H3,(H,30,35). The summed E-state index contributed by atoms with van der Waals surface area (Å²) in [4.78, 5) is 6.75. The summed E-state index contributed by atoms with van der Waals surface area (Å²) in [6.07, 6.45) is 1.79. The summed E-state index contributed by atoms with van der Waals surface area (Å²) < 4.78 is 7.51. The predicted octanol–water partition coefficient (Wildman–Crippen LogP) is 6.03. The van der Waals surface area contributed by atoms with E-state index in [2.05, 4.69) is 21.3 Å². The van der Waals surface area contributed by atoms with Crippen LogP contribution in [0.2, 0.25) is 5.02 Å². The molecule has 0 spiro atoms. The number of ether oxygens (including phenoxy) is 1. The minimum atomic E-state index is -0.189. The van der Waals surface area contributed by atoms with Gasteiger partial charge in [-0.15, -0.1) is 0 Å². The Hall–Kier alpha value is -3.55. The highest BCUT2D eigenvalue weighted by Crippen LogP contribution is 2.44. The summed E-state index contributed by atoms with van der Waals surface area (Å²) in [6, 6.07) is 20.6. The number of phenols is 1. The average Bonchev–Trinajstić information content (AvgIpc) is 3.36. The molecule has 4 aromatic rings. The van der Waals surface area contributed by atoms with E-state index in [1.165, 1.54) is 0 Å². The number of pyridine rings is 1. The number of nitrogens with zero attached hydrogens (tertiary/aromatic N) is 3. The van der Waals surface area contributed by atoms with Crippen molar-refractivity contribution in [3.8, 4) is 17.2 Å². The Bertz CT molecular complexity index is 1410. The summed E-state index contributed by atoms with van der Waals surface area (Å²) in [5.41, 5.74) is 5.45. The van der Waals surface area contributed by atoms with Crippen LogP contribution in [0.4, 0.5) is 5.69 Å².